The van der Waals surface area contributed by atoms with Crippen LogP contribution in [0.3, 0.4) is 0 Å². The summed E-state index contributed by atoms with van der Waals surface area (Å²) in [5, 5.41) is 4.08. The molecule has 0 radical (unpaired) electrons. The van der Waals surface area contributed by atoms with Crippen molar-refractivity contribution in [1.82, 2.24) is 10.1 Å². The third-order valence-corrected chi connectivity index (χ3v) is 4.71. The summed E-state index contributed by atoms with van der Waals surface area (Å²) in [5.41, 5.74) is 5.57. The Kier molecular flexibility index (Phi) is 4.29. The van der Waals surface area contributed by atoms with Crippen molar-refractivity contribution in [3.63, 3.8) is 0 Å². The summed E-state index contributed by atoms with van der Waals surface area (Å²) in [6.45, 7) is 6.66. The molecule has 102 valence electrons. The van der Waals surface area contributed by atoms with Gasteiger partial charge in [0.2, 0.25) is 11.7 Å². The van der Waals surface area contributed by atoms with Crippen molar-refractivity contribution in [1.29, 1.82) is 0 Å². The lowest BCUT2D eigenvalue weighted by atomic mass is 10.0. The molecule has 5 nitrogen and oxygen atoms in total. The summed E-state index contributed by atoms with van der Waals surface area (Å²) < 4.78 is 11.1. The molecule has 1 fully saturated rings. The topological polar surface area (TPSA) is 74.2 Å². The fourth-order valence-corrected chi connectivity index (χ4v) is 3.35. The van der Waals surface area contributed by atoms with Crippen molar-refractivity contribution in [2.75, 3.05) is 18.1 Å². The van der Waals surface area contributed by atoms with Crippen LogP contribution < -0.4 is 5.73 Å². The molecule has 6 heteroatoms. The molecule has 1 aromatic heterocycles. The molecule has 2 heterocycles. The smallest absolute Gasteiger partial charge is 0.232 e. The maximum Gasteiger partial charge on any atom is 0.232 e. The van der Waals surface area contributed by atoms with Gasteiger partial charge >= 0.3 is 0 Å². The molecule has 0 bridgehead atoms. The van der Waals surface area contributed by atoms with E-state index in [4.69, 9.17) is 15.0 Å². The SMILES string of the molecule is CCOC(C)(CC)c1noc(C2CSCC2N)n1. The maximum atomic E-state index is 6.04. The quantitative estimate of drug-likeness (QED) is 0.881. The van der Waals surface area contributed by atoms with Crippen LogP contribution in [0.5, 0.6) is 0 Å². The van der Waals surface area contributed by atoms with E-state index in [9.17, 15) is 0 Å². The second-order valence-corrected chi connectivity index (χ2v) is 5.86. The Morgan fingerprint density at radius 1 is 1.50 bits per heavy atom. The van der Waals surface area contributed by atoms with Crippen LogP contribution in [-0.2, 0) is 10.3 Å². The van der Waals surface area contributed by atoms with E-state index in [1.54, 1.807) is 0 Å². The van der Waals surface area contributed by atoms with Crippen LogP contribution in [0.2, 0.25) is 0 Å². The van der Waals surface area contributed by atoms with Gasteiger partial charge in [0, 0.05) is 24.2 Å². The molecule has 2 N–H and O–H groups in total. The number of thioether (sulfide) groups is 1. The minimum Gasteiger partial charge on any atom is -0.367 e. The van der Waals surface area contributed by atoms with E-state index in [2.05, 4.69) is 17.1 Å². The Hall–Kier alpha value is -0.590. The van der Waals surface area contributed by atoms with Crippen molar-refractivity contribution >= 4 is 11.8 Å². The number of ether oxygens (including phenoxy) is 1. The molecule has 0 aliphatic carbocycles. The standard InChI is InChI=1S/C12H21N3O2S/c1-4-12(3,16-5-2)11-14-10(17-15-11)8-6-18-7-9(8)13/h8-9H,4-7,13H2,1-3H3. The maximum absolute atomic E-state index is 6.04. The molecule has 0 spiro atoms. The fraction of sp³-hybridized carbons (Fsp3) is 0.833. The Bertz CT molecular complexity index is 398. The highest BCUT2D eigenvalue weighted by Crippen LogP contribution is 2.33. The molecular formula is C12H21N3O2S. The van der Waals surface area contributed by atoms with Crippen LogP contribution in [0.15, 0.2) is 4.52 Å². The zero-order chi connectivity index (χ0) is 13.2. The minimum atomic E-state index is -0.466. The third kappa shape index (κ3) is 2.55. The molecule has 0 aromatic carbocycles. The number of hydrogen-bond donors (Lipinski definition) is 1. The lowest BCUT2D eigenvalue weighted by Crippen LogP contribution is -2.28. The molecule has 3 unspecified atom stereocenters. The van der Waals surface area contributed by atoms with Gasteiger partial charge in [-0.05, 0) is 20.3 Å². The highest BCUT2D eigenvalue weighted by atomic mass is 32.2. The zero-order valence-electron chi connectivity index (χ0n) is 11.2. The Balaban J connectivity index is 2.18. The van der Waals surface area contributed by atoms with Crippen LogP contribution in [0.25, 0.3) is 0 Å². The first-order valence-corrected chi connectivity index (χ1v) is 7.57. The third-order valence-electron chi connectivity index (χ3n) is 3.49. The van der Waals surface area contributed by atoms with E-state index in [0.717, 1.165) is 17.9 Å². The van der Waals surface area contributed by atoms with Crippen LogP contribution in [-0.4, -0.2) is 34.3 Å². The van der Waals surface area contributed by atoms with Gasteiger partial charge in [-0.2, -0.15) is 16.7 Å². The van der Waals surface area contributed by atoms with Gasteiger partial charge in [0.05, 0.1) is 5.92 Å². The summed E-state index contributed by atoms with van der Waals surface area (Å²) >= 11 is 1.83. The van der Waals surface area contributed by atoms with Gasteiger partial charge in [-0.15, -0.1) is 0 Å². The van der Waals surface area contributed by atoms with Gasteiger partial charge in [-0.3, -0.25) is 0 Å². The average molecular weight is 271 g/mol. The lowest BCUT2D eigenvalue weighted by Gasteiger charge is -2.23. The van der Waals surface area contributed by atoms with Crippen LogP contribution >= 0.6 is 11.8 Å². The van der Waals surface area contributed by atoms with E-state index in [-0.39, 0.29) is 12.0 Å². The Labute approximate surface area is 112 Å². The summed E-state index contributed by atoms with van der Waals surface area (Å²) in [6.07, 6.45) is 0.811. The molecular weight excluding hydrogens is 250 g/mol. The Morgan fingerprint density at radius 2 is 2.28 bits per heavy atom. The van der Waals surface area contributed by atoms with Gasteiger partial charge in [-0.1, -0.05) is 12.1 Å². The second kappa shape index (κ2) is 5.59. The normalized spacial score (nSPS) is 27.3. The number of nitrogens with zero attached hydrogens (tertiary/aromatic N) is 2. The highest BCUT2D eigenvalue weighted by molar-refractivity contribution is 7.99. The van der Waals surface area contributed by atoms with Crippen LogP contribution in [0.1, 0.15) is 44.8 Å². The monoisotopic (exact) mass is 271 g/mol. The number of nitrogens with two attached hydrogens (primary N) is 1. The number of aromatic nitrogens is 2. The van der Waals surface area contributed by atoms with E-state index < -0.39 is 5.60 Å². The van der Waals surface area contributed by atoms with Crippen LogP contribution in [0, 0.1) is 0 Å². The lowest BCUT2D eigenvalue weighted by molar-refractivity contribution is -0.0403. The van der Waals surface area contributed by atoms with Gasteiger partial charge < -0.3 is 15.0 Å². The molecule has 2 rings (SSSR count). The van der Waals surface area contributed by atoms with Gasteiger partial charge in [-0.25, -0.2) is 0 Å². The van der Waals surface area contributed by atoms with E-state index in [0.29, 0.717) is 18.3 Å². The van der Waals surface area contributed by atoms with Gasteiger partial charge in [0.1, 0.15) is 5.60 Å². The van der Waals surface area contributed by atoms with Crippen molar-refractivity contribution < 1.29 is 9.26 Å². The predicted molar refractivity (Wildman–Crippen MR) is 71.6 cm³/mol. The summed E-state index contributed by atoms with van der Waals surface area (Å²) in [7, 11) is 0. The van der Waals surface area contributed by atoms with Crippen molar-refractivity contribution in [3.8, 4) is 0 Å². The summed E-state index contributed by atoms with van der Waals surface area (Å²) in [5.74, 6) is 3.38. The molecule has 1 aliphatic heterocycles. The molecule has 0 saturated carbocycles. The molecule has 1 aromatic rings. The molecule has 18 heavy (non-hydrogen) atoms. The molecule has 0 amide bonds. The van der Waals surface area contributed by atoms with E-state index in [1.807, 2.05) is 25.6 Å². The largest absolute Gasteiger partial charge is 0.367 e. The summed E-state index contributed by atoms with van der Waals surface area (Å²) in [6, 6.07) is 0.114. The van der Waals surface area contributed by atoms with Crippen LogP contribution in [0.4, 0.5) is 0 Å². The zero-order valence-corrected chi connectivity index (χ0v) is 12.0. The summed E-state index contributed by atoms with van der Waals surface area (Å²) in [4.78, 5) is 4.51. The van der Waals surface area contributed by atoms with Crippen molar-refractivity contribution in [2.24, 2.45) is 5.73 Å². The molecule has 1 aliphatic rings. The molecule has 3 atom stereocenters. The number of rotatable bonds is 5. The van der Waals surface area contributed by atoms with Crippen molar-refractivity contribution in [2.45, 2.75) is 44.8 Å². The first-order valence-electron chi connectivity index (χ1n) is 6.42. The second-order valence-electron chi connectivity index (χ2n) is 4.78. The number of hydrogen-bond acceptors (Lipinski definition) is 6. The minimum absolute atomic E-state index is 0.114. The highest BCUT2D eigenvalue weighted by Gasteiger charge is 2.35. The Morgan fingerprint density at radius 3 is 2.83 bits per heavy atom. The van der Waals surface area contributed by atoms with E-state index in [1.165, 1.54) is 0 Å². The first kappa shape index (κ1) is 13.8. The van der Waals surface area contributed by atoms with E-state index >= 15 is 0 Å². The van der Waals surface area contributed by atoms with Gasteiger partial charge in [0.25, 0.3) is 0 Å². The fourth-order valence-electron chi connectivity index (χ4n) is 2.07. The average Bonchev–Trinajstić information content (AvgIpc) is 2.97. The van der Waals surface area contributed by atoms with Gasteiger partial charge in [0.15, 0.2) is 0 Å². The molecule has 1 saturated heterocycles. The predicted octanol–water partition coefficient (Wildman–Crippen LogP) is 1.89. The van der Waals surface area contributed by atoms with Crippen molar-refractivity contribution in [3.05, 3.63) is 11.7 Å². The first-order chi connectivity index (χ1) is 8.60.